The van der Waals surface area contributed by atoms with E-state index in [2.05, 4.69) is 5.10 Å². The van der Waals surface area contributed by atoms with E-state index in [1.165, 1.54) is 11.8 Å². The van der Waals surface area contributed by atoms with Crippen LogP contribution < -0.4 is 9.80 Å². The third-order valence-corrected chi connectivity index (χ3v) is 5.51. The molecule has 1 aromatic carbocycles. The van der Waals surface area contributed by atoms with Crippen molar-refractivity contribution >= 4 is 23.4 Å². The number of hydrogen-bond donors (Lipinski definition) is 0. The number of anilines is 2. The van der Waals surface area contributed by atoms with Gasteiger partial charge in [-0.05, 0) is 24.6 Å². The minimum absolute atomic E-state index is 0.0968. The third kappa shape index (κ3) is 4.43. The Labute approximate surface area is 182 Å². The molecule has 0 N–H and O–H groups in total. The van der Waals surface area contributed by atoms with Crippen LogP contribution in [0.2, 0.25) is 0 Å². The van der Waals surface area contributed by atoms with Crippen LogP contribution in [0.4, 0.5) is 29.3 Å². The van der Waals surface area contributed by atoms with E-state index in [4.69, 9.17) is 9.47 Å². The van der Waals surface area contributed by atoms with Gasteiger partial charge < -0.3 is 14.4 Å². The van der Waals surface area contributed by atoms with Crippen molar-refractivity contribution in [3.05, 3.63) is 30.6 Å². The van der Waals surface area contributed by atoms with Gasteiger partial charge in [-0.25, -0.2) is 4.79 Å². The number of alkyl halides is 3. The lowest BCUT2D eigenvalue weighted by Crippen LogP contribution is -2.51. The molecule has 0 aliphatic carbocycles. The van der Waals surface area contributed by atoms with Gasteiger partial charge in [0.15, 0.2) is 0 Å². The van der Waals surface area contributed by atoms with Gasteiger partial charge in [0.25, 0.3) is 0 Å². The maximum absolute atomic E-state index is 12.7. The van der Waals surface area contributed by atoms with E-state index >= 15 is 0 Å². The summed E-state index contributed by atoms with van der Waals surface area (Å²) in [5.74, 6) is -0.200. The molecule has 1 atom stereocenters. The van der Waals surface area contributed by atoms with Crippen LogP contribution in [0.25, 0.3) is 11.1 Å². The van der Waals surface area contributed by atoms with Crippen LogP contribution in [0.3, 0.4) is 0 Å². The van der Waals surface area contributed by atoms with Gasteiger partial charge in [0, 0.05) is 25.2 Å². The number of amides is 2. The van der Waals surface area contributed by atoms with Crippen molar-refractivity contribution in [2.75, 3.05) is 36.2 Å². The Kier molecular flexibility index (Phi) is 5.85. The number of carbonyl (C=O) groups is 2. The normalized spacial score (nSPS) is 18.8. The van der Waals surface area contributed by atoms with Crippen molar-refractivity contribution in [1.82, 2.24) is 9.78 Å². The number of hydrogen-bond acceptors (Lipinski definition) is 5. The van der Waals surface area contributed by atoms with E-state index in [0.29, 0.717) is 24.6 Å². The maximum atomic E-state index is 12.7. The molecular weight excluding hydrogens is 429 g/mol. The molecule has 2 aromatic rings. The smallest absolute Gasteiger partial charge is 0.414 e. The van der Waals surface area contributed by atoms with E-state index in [1.54, 1.807) is 30.2 Å². The minimum atomic E-state index is -4.42. The van der Waals surface area contributed by atoms with Crippen LogP contribution in [-0.2, 0) is 14.3 Å². The molecule has 2 amide bonds. The lowest BCUT2D eigenvalue weighted by molar-refractivity contribution is -0.141. The number of fused-ring (bicyclic) bond motifs is 1. The van der Waals surface area contributed by atoms with Gasteiger partial charge >= 0.3 is 12.3 Å². The van der Waals surface area contributed by atoms with Crippen molar-refractivity contribution in [2.45, 2.75) is 38.5 Å². The first-order chi connectivity index (χ1) is 15.1. The summed E-state index contributed by atoms with van der Waals surface area (Å²) in [6.45, 7) is 3.70. The topological polar surface area (TPSA) is 76.9 Å². The van der Waals surface area contributed by atoms with Gasteiger partial charge in [0.2, 0.25) is 5.91 Å². The number of benzene rings is 1. The van der Waals surface area contributed by atoms with Crippen LogP contribution in [0.5, 0.6) is 0 Å². The zero-order valence-corrected chi connectivity index (χ0v) is 17.6. The summed E-state index contributed by atoms with van der Waals surface area (Å²) >= 11 is 0. The van der Waals surface area contributed by atoms with E-state index < -0.39 is 25.3 Å². The number of nitrogens with zero attached hydrogens (tertiary/aromatic N) is 4. The Morgan fingerprint density at radius 1 is 1.22 bits per heavy atom. The zero-order chi connectivity index (χ0) is 23.0. The number of halogens is 3. The fourth-order valence-corrected chi connectivity index (χ4v) is 3.85. The summed E-state index contributed by atoms with van der Waals surface area (Å²) in [6, 6.07) is 5.07. The van der Waals surface area contributed by atoms with E-state index in [0.717, 1.165) is 11.1 Å². The summed E-state index contributed by atoms with van der Waals surface area (Å²) in [7, 11) is 0. The van der Waals surface area contributed by atoms with Crippen molar-refractivity contribution in [1.29, 1.82) is 0 Å². The molecule has 2 aliphatic rings. The maximum Gasteiger partial charge on any atom is 0.414 e. The molecule has 0 saturated carbocycles. The molecule has 0 radical (unpaired) electrons. The zero-order valence-electron chi connectivity index (χ0n) is 17.6. The second-order valence-corrected chi connectivity index (χ2v) is 7.93. The van der Waals surface area contributed by atoms with E-state index in [1.807, 2.05) is 16.9 Å². The van der Waals surface area contributed by atoms with Crippen molar-refractivity contribution in [3.8, 4) is 11.1 Å². The van der Waals surface area contributed by atoms with Crippen molar-refractivity contribution in [3.63, 3.8) is 0 Å². The fourth-order valence-electron chi connectivity index (χ4n) is 3.85. The molecule has 2 aliphatic heterocycles. The van der Waals surface area contributed by atoms with Crippen LogP contribution in [0.15, 0.2) is 30.6 Å². The van der Waals surface area contributed by atoms with Gasteiger partial charge in [0.1, 0.15) is 6.61 Å². The van der Waals surface area contributed by atoms with Crippen molar-refractivity contribution < 1.29 is 32.2 Å². The van der Waals surface area contributed by atoms with Crippen LogP contribution in [0.1, 0.15) is 26.3 Å². The van der Waals surface area contributed by atoms with Crippen LogP contribution in [0, 0.1) is 0 Å². The predicted octanol–water partition coefficient (Wildman–Crippen LogP) is 3.77. The molecule has 0 spiro atoms. The van der Waals surface area contributed by atoms with Crippen LogP contribution in [-0.4, -0.2) is 60.4 Å². The Morgan fingerprint density at radius 3 is 2.59 bits per heavy atom. The SMILES string of the molecule is CC(=O)N1c2ccc(-c3cnn(C4COC4)c3)cc2N(C(=O)OCCC(F)(F)F)CC1C. The van der Waals surface area contributed by atoms with E-state index in [-0.39, 0.29) is 24.5 Å². The molecule has 0 bridgehead atoms. The summed E-state index contributed by atoms with van der Waals surface area (Å²) in [5, 5.41) is 4.36. The summed E-state index contributed by atoms with van der Waals surface area (Å²) in [5.41, 5.74) is 2.44. The molecule has 1 saturated heterocycles. The summed E-state index contributed by atoms with van der Waals surface area (Å²) in [6.07, 6.45) is -2.96. The highest BCUT2D eigenvalue weighted by atomic mass is 19.4. The van der Waals surface area contributed by atoms with Gasteiger partial charge in [-0.15, -0.1) is 0 Å². The fraction of sp³-hybridized carbons (Fsp3) is 0.476. The summed E-state index contributed by atoms with van der Waals surface area (Å²) in [4.78, 5) is 27.7. The number of carbonyl (C=O) groups excluding carboxylic acids is 2. The minimum Gasteiger partial charge on any atom is -0.449 e. The predicted molar refractivity (Wildman–Crippen MR) is 110 cm³/mol. The molecule has 8 nitrogen and oxygen atoms in total. The second kappa shape index (κ2) is 8.45. The van der Waals surface area contributed by atoms with Gasteiger partial charge in [-0.3, -0.25) is 14.4 Å². The molecular formula is C21H23F3N4O4. The van der Waals surface area contributed by atoms with Gasteiger partial charge in [-0.1, -0.05) is 6.07 Å². The average Bonchev–Trinajstić information content (AvgIpc) is 3.13. The number of rotatable bonds is 4. The standard InChI is InChI=1S/C21H23F3N4O4/c1-13-9-26(20(30)32-6-5-21(22,23)24)19-7-15(3-4-18(19)28(13)14(2)29)16-8-25-27(10-16)17-11-31-12-17/h3-4,7-8,10,13,17H,5-6,9,11-12H2,1-2H3. The van der Waals surface area contributed by atoms with Crippen LogP contribution >= 0.6 is 0 Å². The molecule has 3 heterocycles. The molecule has 1 aromatic heterocycles. The first kappa shape index (κ1) is 22.1. The first-order valence-corrected chi connectivity index (χ1v) is 10.2. The first-order valence-electron chi connectivity index (χ1n) is 10.2. The third-order valence-electron chi connectivity index (χ3n) is 5.51. The second-order valence-electron chi connectivity index (χ2n) is 7.93. The van der Waals surface area contributed by atoms with Gasteiger partial charge in [0.05, 0.1) is 49.3 Å². The Bertz CT molecular complexity index is 1020. The molecule has 1 unspecified atom stereocenters. The summed E-state index contributed by atoms with van der Waals surface area (Å²) < 4.78 is 49.3. The van der Waals surface area contributed by atoms with Gasteiger partial charge in [-0.2, -0.15) is 18.3 Å². The number of aromatic nitrogens is 2. The quantitative estimate of drug-likeness (QED) is 0.706. The molecule has 1 fully saturated rings. The number of ether oxygens (including phenoxy) is 2. The highest BCUT2D eigenvalue weighted by Crippen LogP contribution is 2.39. The molecule has 11 heteroatoms. The van der Waals surface area contributed by atoms with Crippen molar-refractivity contribution in [2.24, 2.45) is 0 Å². The molecule has 32 heavy (non-hydrogen) atoms. The average molecular weight is 452 g/mol. The molecule has 4 rings (SSSR count). The Hall–Kier alpha value is -3.08. The highest BCUT2D eigenvalue weighted by Gasteiger charge is 2.35. The Balaban J connectivity index is 1.64. The highest BCUT2D eigenvalue weighted by molar-refractivity contribution is 6.03. The Morgan fingerprint density at radius 2 is 1.97 bits per heavy atom. The monoisotopic (exact) mass is 452 g/mol. The lowest BCUT2D eigenvalue weighted by Gasteiger charge is -2.40. The largest absolute Gasteiger partial charge is 0.449 e. The lowest BCUT2D eigenvalue weighted by atomic mass is 10.0. The molecule has 172 valence electrons. The van der Waals surface area contributed by atoms with E-state index in [9.17, 15) is 22.8 Å².